The fourth-order valence-electron chi connectivity index (χ4n) is 2.07. The minimum Gasteiger partial charge on any atom is -0.481 e. The zero-order chi connectivity index (χ0) is 15.6. The molecule has 2 atom stereocenters. The normalized spacial score (nSPS) is 18.3. The van der Waals surface area contributed by atoms with Crippen LogP contribution in [0.15, 0.2) is 24.3 Å². The molecule has 1 heterocycles. The Morgan fingerprint density at radius 2 is 2.05 bits per heavy atom. The molecule has 21 heavy (non-hydrogen) atoms. The van der Waals surface area contributed by atoms with Gasteiger partial charge < -0.3 is 26.2 Å². The van der Waals surface area contributed by atoms with Crippen molar-refractivity contribution < 1.29 is 24.2 Å². The summed E-state index contributed by atoms with van der Waals surface area (Å²) in [6, 6.07) is 5.38. The Morgan fingerprint density at radius 1 is 1.38 bits per heavy atom. The highest BCUT2D eigenvalue weighted by Gasteiger charge is 2.34. The summed E-state index contributed by atoms with van der Waals surface area (Å²) in [6.07, 6.45) is -1.50. The molecule has 2 rings (SSSR count). The van der Waals surface area contributed by atoms with E-state index in [1.54, 1.807) is 24.3 Å². The van der Waals surface area contributed by atoms with Gasteiger partial charge in [-0.3, -0.25) is 14.4 Å². The van der Waals surface area contributed by atoms with Crippen molar-refractivity contribution in [3.8, 4) is 5.75 Å². The van der Waals surface area contributed by atoms with E-state index in [9.17, 15) is 14.4 Å². The number of benzene rings is 1. The average molecular weight is 293 g/mol. The highest BCUT2D eigenvalue weighted by molar-refractivity contribution is 6.01. The number of nitrogens with zero attached hydrogens (tertiary/aromatic N) is 1. The Labute approximate surface area is 120 Å². The SMILES string of the molecule is NC(=O)C1CN(C(=O)C(N)CC(=O)O)c2ccccc2O1. The molecule has 0 aromatic heterocycles. The zero-order valence-electron chi connectivity index (χ0n) is 11.1. The number of hydrogen-bond donors (Lipinski definition) is 3. The van der Waals surface area contributed by atoms with Crippen LogP contribution in [0, 0.1) is 0 Å². The van der Waals surface area contributed by atoms with Crippen molar-refractivity contribution in [2.24, 2.45) is 11.5 Å². The first-order chi connectivity index (χ1) is 9.90. The first-order valence-electron chi connectivity index (χ1n) is 6.24. The predicted octanol–water partition coefficient (Wildman–Crippen LogP) is -0.932. The molecule has 8 nitrogen and oxygen atoms in total. The number of aliphatic carboxylic acids is 1. The second kappa shape index (κ2) is 5.80. The van der Waals surface area contributed by atoms with Gasteiger partial charge in [-0.05, 0) is 12.1 Å². The number of carbonyl (C=O) groups is 3. The van der Waals surface area contributed by atoms with Gasteiger partial charge >= 0.3 is 5.97 Å². The molecule has 8 heteroatoms. The lowest BCUT2D eigenvalue weighted by molar-refractivity contribution is -0.139. The van der Waals surface area contributed by atoms with Crippen molar-refractivity contribution in [2.45, 2.75) is 18.6 Å². The summed E-state index contributed by atoms with van der Waals surface area (Å²) in [5.41, 5.74) is 11.2. The van der Waals surface area contributed by atoms with E-state index < -0.39 is 36.4 Å². The number of fused-ring (bicyclic) bond motifs is 1. The number of rotatable bonds is 4. The molecule has 5 N–H and O–H groups in total. The summed E-state index contributed by atoms with van der Waals surface area (Å²) < 4.78 is 5.41. The monoisotopic (exact) mass is 293 g/mol. The fraction of sp³-hybridized carbons (Fsp3) is 0.308. The molecule has 1 aliphatic heterocycles. The molecule has 2 amide bonds. The van der Waals surface area contributed by atoms with Crippen LogP contribution in [0.5, 0.6) is 5.75 Å². The molecule has 1 aromatic carbocycles. The largest absolute Gasteiger partial charge is 0.481 e. The predicted molar refractivity (Wildman–Crippen MR) is 72.6 cm³/mol. The standard InChI is InChI=1S/C13H15N3O5/c14-7(5-11(17)18)13(20)16-6-10(12(15)19)21-9-4-2-1-3-8(9)16/h1-4,7,10H,5-6,14H2,(H2,15,19)(H,17,18). The Balaban J connectivity index is 2.30. The lowest BCUT2D eigenvalue weighted by Gasteiger charge is -2.34. The minimum absolute atomic E-state index is 0.0987. The van der Waals surface area contributed by atoms with Crippen LogP contribution in [-0.4, -0.2) is 41.6 Å². The van der Waals surface area contributed by atoms with E-state index in [-0.39, 0.29) is 6.54 Å². The van der Waals surface area contributed by atoms with Crippen molar-refractivity contribution in [3.05, 3.63) is 24.3 Å². The maximum atomic E-state index is 12.3. The summed E-state index contributed by atoms with van der Waals surface area (Å²) in [5.74, 6) is -2.17. The minimum atomic E-state index is -1.21. The van der Waals surface area contributed by atoms with Crippen LogP contribution in [0.4, 0.5) is 5.69 Å². The number of carbonyl (C=O) groups excluding carboxylic acids is 2. The number of ether oxygens (including phenoxy) is 1. The van der Waals surface area contributed by atoms with Gasteiger partial charge in [0, 0.05) is 0 Å². The van der Waals surface area contributed by atoms with Crippen LogP contribution < -0.4 is 21.1 Å². The summed E-state index contributed by atoms with van der Waals surface area (Å²) in [6.45, 7) is -0.0987. The smallest absolute Gasteiger partial charge is 0.305 e. The Kier molecular flexibility index (Phi) is 4.08. The number of primary amides is 1. The molecule has 0 bridgehead atoms. The first-order valence-corrected chi connectivity index (χ1v) is 6.24. The van der Waals surface area contributed by atoms with Crippen molar-refractivity contribution >= 4 is 23.5 Å². The number of hydrogen-bond acceptors (Lipinski definition) is 5. The summed E-state index contributed by atoms with van der Waals surface area (Å²) in [7, 11) is 0. The summed E-state index contributed by atoms with van der Waals surface area (Å²) in [5, 5.41) is 8.72. The van der Waals surface area contributed by atoms with E-state index in [0.717, 1.165) is 0 Å². The van der Waals surface area contributed by atoms with Gasteiger partial charge in [0.05, 0.1) is 24.7 Å². The van der Waals surface area contributed by atoms with Gasteiger partial charge in [-0.2, -0.15) is 0 Å². The molecule has 0 spiro atoms. The van der Waals surface area contributed by atoms with Gasteiger partial charge in [0.1, 0.15) is 5.75 Å². The van der Waals surface area contributed by atoms with E-state index in [0.29, 0.717) is 11.4 Å². The van der Waals surface area contributed by atoms with Crippen LogP contribution in [-0.2, 0) is 14.4 Å². The third kappa shape index (κ3) is 3.11. The topological polar surface area (TPSA) is 136 Å². The van der Waals surface area contributed by atoms with Gasteiger partial charge in [0.2, 0.25) is 5.91 Å². The molecule has 0 saturated heterocycles. The van der Waals surface area contributed by atoms with E-state index >= 15 is 0 Å². The van der Waals surface area contributed by atoms with Gasteiger partial charge in [-0.15, -0.1) is 0 Å². The van der Waals surface area contributed by atoms with E-state index in [1.165, 1.54) is 4.90 Å². The van der Waals surface area contributed by atoms with Crippen molar-refractivity contribution in [1.29, 1.82) is 0 Å². The lowest BCUT2D eigenvalue weighted by atomic mass is 10.1. The molecule has 0 fully saturated rings. The van der Waals surface area contributed by atoms with E-state index in [1.807, 2.05) is 0 Å². The van der Waals surface area contributed by atoms with Gasteiger partial charge in [0.25, 0.3) is 5.91 Å². The number of carboxylic acid groups (broad SMARTS) is 1. The second-order valence-electron chi connectivity index (χ2n) is 4.63. The summed E-state index contributed by atoms with van der Waals surface area (Å²) >= 11 is 0. The molecule has 1 aliphatic rings. The average Bonchev–Trinajstić information content (AvgIpc) is 2.44. The maximum absolute atomic E-state index is 12.3. The zero-order valence-corrected chi connectivity index (χ0v) is 11.1. The van der Waals surface area contributed by atoms with Gasteiger partial charge in [-0.25, -0.2) is 0 Å². The van der Waals surface area contributed by atoms with Gasteiger partial charge in [-0.1, -0.05) is 12.1 Å². The fourth-order valence-corrected chi connectivity index (χ4v) is 2.07. The van der Waals surface area contributed by atoms with Crippen LogP contribution in [0.25, 0.3) is 0 Å². The van der Waals surface area contributed by atoms with Crippen molar-refractivity contribution in [1.82, 2.24) is 0 Å². The van der Waals surface area contributed by atoms with Crippen molar-refractivity contribution in [3.63, 3.8) is 0 Å². The number of anilines is 1. The molecule has 0 saturated carbocycles. The quantitative estimate of drug-likeness (QED) is 0.656. The number of para-hydroxylation sites is 2. The molecule has 0 aliphatic carbocycles. The third-order valence-electron chi connectivity index (χ3n) is 3.07. The van der Waals surface area contributed by atoms with Crippen LogP contribution >= 0.6 is 0 Å². The number of amides is 2. The maximum Gasteiger partial charge on any atom is 0.305 e. The highest BCUT2D eigenvalue weighted by atomic mass is 16.5. The van der Waals surface area contributed by atoms with Crippen LogP contribution in [0.1, 0.15) is 6.42 Å². The first kappa shape index (κ1) is 14.8. The van der Waals surface area contributed by atoms with Crippen LogP contribution in [0.2, 0.25) is 0 Å². The van der Waals surface area contributed by atoms with Gasteiger partial charge in [0.15, 0.2) is 6.10 Å². The molecular weight excluding hydrogens is 278 g/mol. The lowest BCUT2D eigenvalue weighted by Crippen LogP contribution is -2.53. The summed E-state index contributed by atoms with van der Waals surface area (Å²) in [4.78, 5) is 35.5. The number of carboxylic acids is 1. The molecule has 2 unspecified atom stereocenters. The third-order valence-corrected chi connectivity index (χ3v) is 3.07. The second-order valence-corrected chi connectivity index (χ2v) is 4.63. The molecule has 1 aromatic rings. The Bertz CT molecular complexity index is 589. The molecule has 0 radical (unpaired) electrons. The van der Waals surface area contributed by atoms with E-state index in [2.05, 4.69) is 0 Å². The molecular formula is C13H15N3O5. The van der Waals surface area contributed by atoms with Crippen molar-refractivity contribution in [2.75, 3.05) is 11.4 Å². The Morgan fingerprint density at radius 3 is 2.67 bits per heavy atom. The number of nitrogens with two attached hydrogens (primary N) is 2. The Hall–Kier alpha value is -2.61. The highest BCUT2D eigenvalue weighted by Crippen LogP contribution is 2.33. The van der Waals surface area contributed by atoms with Crippen LogP contribution in [0.3, 0.4) is 0 Å². The van der Waals surface area contributed by atoms with E-state index in [4.69, 9.17) is 21.3 Å². The molecule has 112 valence electrons.